The lowest BCUT2D eigenvalue weighted by Crippen LogP contribution is -2.37. The molecule has 1 amide bonds. The van der Waals surface area contributed by atoms with E-state index in [1.807, 2.05) is 15.5 Å². The van der Waals surface area contributed by atoms with Crippen LogP contribution in [0.2, 0.25) is 0 Å². The van der Waals surface area contributed by atoms with Crippen molar-refractivity contribution >= 4 is 39.0 Å². The Hall–Kier alpha value is -2.50. The fourth-order valence-corrected chi connectivity index (χ4v) is 2.69. The zero-order valence-corrected chi connectivity index (χ0v) is 13.6. The lowest BCUT2D eigenvalue weighted by Gasteiger charge is -2.17. The van der Waals surface area contributed by atoms with Crippen molar-refractivity contribution in [1.82, 2.24) is 0 Å². The van der Waals surface area contributed by atoms with Gasteiger partial charge in [0.2, 0.25) is 0 Å². The first-order valence-electron chi connectivity index (χ1n) is 7.39. The monoisotopic (exact) mass is 309 g/mol. The molecule has 0 aliphatic rings. The van der Waals surface area contributed by atoms with Crippen molar-refractivity contribution in [3.05, 3.63) is 41.0 Å². The summed E-state index contributed by atoms with van der Waals surface area (Å²) < 4.78 is 0. The van der Waals surface area contributed by atoms with Gasteiger partial charge in [0.15, 0.2) is 11.5 Å². The molecule has 8 heteroatoms. The molecular formula is C15H18B3NO4. The van der Waals surface area contributed by atoms with E-state index in [-0.39, 0.29) is 35.2 Å². The van der Waals surface area contributed by atoms with Crippen LogP contribution >= 0.6 is 0 Å². The van der Waals surface area contributed by atoms with Crippen molar-refractivity contribution in [2.75, 3.05) is 5.32 Å². The van der Waals surface area contributed by atoms with Crippen LogP contribution in [-0.2, 0) is 0 Å². The molecule has 0 spiro atoms. The molecular weight excluding hydrogens is 291 g/mol. The lowest BCUT2D eigenvalue weighted by atomic mass is 9.16. The molecule has 0 heterocycles. The number of hydrogen-bond donors (Lipinski definition) is 4. The quantitative estimate of drug-likeness (QED) is 0.354. The molecule has 0 unspecified atom stereocenters. The molecule has 0 saturated carbocycles. The highest BCUT2D eigenvalue weighted by Gasteiger charge is 2.19. The standard InChI is InChI=1S/C15H18B3NO4/c1-7-9(3-5-12(21)14(7)22)15(23)19-10-4-6-11(20)8(2)13(10)18(16)17/h3-6,20-22H,16-17H2,1-2H3,(H,19,23). The van der Waals surface area contributed by atoms with Crippen LogP contribution in [0.4, 0.5) is 5.69 Å². The van der Waals surface area contributed by atoms with Gasteiger partial charge < -0.3 is 20.6 Å². The minimum atomic E-state index is -0.384. The summed E-state index contributed by atoms with van der Waals surface area (Å²) in [6.45, 7) is 3.49. The van der Waals surface area contributed by atoms with Gasteiger partial charge in [0, 0.05) is 16.8 Å². The summed E-state index contributed by atoms with van der Waals surface area (Å²) in [7, 11) is 3.96. The van der Waals surface area contributed by atoms with E-state index < -0.39 is 0 Å². The van der Waals surface area contributed by atoms with E-state index in [0.717, 1.165) is 11.0 Å². The number of nitrogens with one attached hydrogen (secondary N) is 1. The number of carbonyl (C=O) groups excluding carboxylic acids is 1. The number of rotatable bonds is 3. The summed E-state index contributed by atoms with van der Waals surface area (Å²) in [6.07, 6.45) is 0. The average molecular weight is 309 g/mol. The molecule has 0 bridgehead atoms. The van der Waals surface area contributed by atoms with Crippen LogP contribution in [0.3, 0.4) is 0 Å². The molecule has 0 saturated heterocycles. The number of hydrogen-bond acceptors (Lipinski definition) is 4. The maximum atomic E-state index is 12.5. The third kappa shape index (κ3) is 3.16. The third-order valence-corrected chi connectivity index (χ3v) is 3.97. The normalized spacial score (nSPS) is 10.3. The second kappa shape index (κ2) is 6.32. The Balaban J connectivity index is 2.42. The van der Waals surface area contributed by atoms with Crippen LogP contribution in [-0.4, -0.2) is 43.2 Å². The number of amides is 1. The van der Waals surface area contributed by atoms with Crippen LogP contribution in [0.25, 0.3) is 0 Å². The Kier molecular flexibility index (Phi) is 4.64. The summed E-state index contributed by atoms with van der Waals surface area (Å²) in [5.74, 6) is -0.763. The number of carbonyl (C=O) groups is 1. The Morgan fingerprint density at radius 3 is 2.22 bits per heavy atom. The van der Waals surface area contributed by atoms with E-state index in [1.54, 1.807) is 19.9 Å². The van der Waals surface area contributed by atoms with Crippen LogP contribution in [0.1, 0.15) is 21.5 Å². The predicted molar refractivity (Wildman–Crippen MR) is 97.8 cm³/mol. The molecule has 0 radical (unpaired) electrons. The fraction of sp³-hybridized carbons (Fsp3) is 0.133. The van der Waals surface area contributed by atoms with Crippen molar-refractivity contribution < 1.29 is 20.1 Å². The van der Waals surface area contributed by atoms with Gasteiger partial charge in [-0.2, -0.15) is 0 Å². The second-order valence-corrected chi connectivity index (χ2v) is 5.89. The molecule has 2 aromatic rings. The summed E-state index contributed by atoms with van der Waals surface area (Å²) in [5.41, 5.74) is 2.79. The lowest BCUT2D eigenvalue weighted by molar-refractivity contribution is 0.102. The molecule has 0 aliphatic heterocycles. The van der Waals surface area contributed by atoms with Gasteiger partial charge in [-0.25, -0.2) is 0 Å². The molecule has 2 aromatic carbocycles. The van der Waals surface area contributed by atoms with Gasteiger partial charge >= 0.3 is 0 Å². The van der Waals surface area contributed by atoms with Gasteiger partial charge in [0.1, 0.15) is 12.2 Å². The summed E-state index contributed by atoms with van der Waals surface area (Å²) >= 11 is 0. The summed E-state index contributed by atoms with van der Waals surface area (Å²) in [4.78, 5) is 12.5. The predicted octanol–water partition coefficient (Wildman–Crippen LogP) is -0.366. The molecule has 0 aromatic heterocycles. The van der Waals surface area contributed by atoms with Crippen molar-refractivity contribution in [2.45, 2.75) is 13.8 Å². The average Bonchev–Trinajstić information content (AvgIpc) is 2.48. The van der Waals surface area contributed by atoms with E-state index >= 15 is 0 Å². The Labute approximate surface area is 137 Å². The number of benzene rings is 2. The van der Waals surface area contributed by atoms with Gasteiger partial charge in [0.05, 0.1) is 15.5 Å². The van der Waals surface area contributed by atoms with Gasteiger partial charge in [-0.1, -0.05) is 5.46 Å². The first-order chi connectivity index (χ1) is 10.7. The molecule has 0 aliphatic carbocycles. The molecule has 4 N–H and O–H groups in total. The molecule has 0 atom stereocenters. The van der Waals surface area contributed by atoms with E-state index in [0.29, 0.717) is 11.3 Å². The van der Waals surface area contributed by atoms with Crippen LogP contribution in [0.15, 0.2) is 24.3 Å². The minimum Gasteiger partial charge on any atom is -0.508 e. The van der Waals surface area contributed by atoms with E-state index in [4.69, 9.17) is 0 Å². The van der Waals surface area contributed by atoms with Crippen molar-refractivity contribution in [2.24, 2.45) is 0 Å². The highest BCUT2D eigenvalue weighted by atomic mass is 16.3. The summed E-state index contributed by atoms with van der Waals surface area (Å²) in [6, 6.07) is 5.94. The maximum absolute atomic E-state index is 12.5. The number of anilines is 1. The Morgan fingerprint density at radius 1 is 1.00 bits per heavy atom. The minimum absolute atomic E-state index is 0.117. The fourth-order valence-electron chi connectivity index (χ4n) is 2.69. The van der Waals surface area contributed by atoms with E-state index in [9.17, 15) is 20.1 Å². The third-order valence-electron chi connectivity index (χ3n) is 3.97. The SMILES string of the molecule is BB(B)c1c(NC(=O)c2ccc(O)c(O)c2C)ccc(O)c1C. The van der Waals surface area contributed by atoms with Crippen molar-refractivity contribution in [3.8, 4) is 17.2 Å². The van der Waals surface area contributed by atoms with E-state index in [2.05, 4.69) is 5.32 Å². The maximum Gasteiger partial charge on any atom is 0.256 e. The molecule has 0 fully saturated rings. The molecule has 116 valence electrons. The smallest absolute Gasteiger partial charge is 0.256 e. The summed E-state index contributed by atoms with van der Waals surface area (Å²) in [5, 5.41) is 31.9. The first-order valence-corrected chi connectivity index (χ1v) is 7.39. The second-order valence-electron chi connectivity index (χ2n) is 5.89. The van der Waals surface area contributed by atoms with Gasteiger partial charge in [0.25, 0.3) is 5.91 Å². The highest BCUT2D eigenvalue weighted by Crippen LogP contribution is 2.31. The van der Waals surface area contributed by atoms with Crippen molar-refractivity contribution in [3.63, 3.8) is 0 Å². The first kappa shape index (κ1) is 16.9. The van der Waals surface area contributed by atoms with Crippen LogP contribution in [0.5, 0.6) is 17.2 Å². The van der Waals surface area contributed by atoms with Crippen LogP contribution < -0.4 is 10.8 Å². The van der Waals surface area contributed by atoms with Crippen molar-refractivity contribution in [1.29, 1.82) is 0 Å². The van der Waals surface area contributed by atoms with Gasteiger partial charge in [-0.15, -0.1) is 0 Å². The molecule has 2 rings (SSSR count). The molecule has 5 nitrogen and oxygen atoms in total. The largest absolute Gasteiger partial charge is 0.508 e. The Bertz CT molecular complexity index is 778. The van der Waals surface area contributed by atoms with Gasteiger partial charge in [-0.3, -0.25) is 4.79 Å². The van der Waals surface area contributed by atoms with Crippen LogP contribution in [0, 0.1) is 13.8 Å². The molecule has 23 heavy (non-hydrogen) atoms. The van der Waals surface area contributed by atoms with Gasteiger partial charge in [-0.05, 0) is 43.7 Å². The zero-order valence-electron chi connectivity index (χ0n) is 13.6. The van der Waals surface area contributed by atoms with E-state index in [1.165, 1.54) is 18.2 Å². The number of aromatic hydroxyl groups is 3. The zero-order chi connectivity index (χ0) is 17.3. The topological polar surface area (TPSA) is 89.8 Å². The number of phenols is 3. The Morgan fingerprint density at radius 2 is 1.61 bits per heavy atom. The highest BCUT2D eigenvalue weighted by molar-refractivity contribution is 7.35. The number of phenolic OH excluding ortho intramolecular Hbond substituents is 3.